The zero-order valence-electron chi connectivity index (χ0n) is 10.3. The Morgan fingerprint density at radius 2 is 2.28 bits per heavy atom. The summed E-state index contributed by atoms with van der Waals surface area (Å²) in [6.07, 6.45) is 4.43. The van der Waals surface area contributed by atoms with Gasteiger partial charge in [-0.15, -0.1) is 0 Å². The molecule has 1 unspecified atom stereocenters. The predicted molar refractivity (Wildman–Crippen MR) is 65.0 cm³/mol. The summed E-state index contributed by atoms with van der Waals surface area (Å²) < 4.78 is 1.81. The molecule has 1 aromatic heterocycles. The largest absolute Gasteiger partial charge is 0.480 e. The predicted octanol–water partition coefficient (Wildman–Crippen LogP) is -0.548. The molecular formula is C11H18N4O3. The maximum Gasteiger partial charge on any atom is 0.327 e. The molecule has 0 spiro atoms. The lowest BCUT2D eigenvalue weighted by molar-refractivity contribution is -0.141. The highest BCUT2D eigenvalue weighted by molar-refractivity contribution is 5.82. The average molecular weight is 254 g/mol. The minimum atomic E-state index is -1.04. The van der Waals surface area contributed by atoms with Gasteiger partial charge in [-0.2, -0.15) is 5.10 Å². The monoisotopic (exact) mass is 254 g/mol. The number of nitrogens with one attached hydrogen (secondary N) is 2. The van der Waals surface area contributed by atoms with Gasteiger partial charge in [-0.25, -0.2) is 4.79 Å². The van der Waals surface area contributed by atoms with Crippen LogP contribution in [0.15, 0.2) is 18.5 Å². The number of rotatable bonds is 8. The van der Waals surface area contributed by atoms with Crippen LogP contribution >= 0.6 is 0 Å². The van der Waals surface area contributed by atoms with Gasteiger partial charge in [-0.1, -0.05) is 0 Å². The van der Waals surface area contributed by atoms with E-state index in [-0.39, 0.29) is 12.5 Å². The number of carbonyl (C=O) groups excluding carboxylic acids is 1. The average Bonchev–Trinajstić information content (AvgIpc) is 2.79. The Hall–Kier alpha value is -1.89. The van der Waals surface area contributed by atoms with E-state index in [1.165, 1.54) is 6.92 Å². The quantitative estimate of drug-likeness (QED) is 0.541. The van der Waals surface area contributed by atoms with E-state index >= 15 is 0 Å². The van der Waals surface area contributed by atoms with Crippen molar-refractivity contribution in [1.29, 1.82) is 0 Å². The number of hydrogen-bond acceptors (Lipinski definition) is 4. The van der Waals surface area contributed by atoms with Crippen LogP contribution in [0.1, 0.15) is 13.3 Å². The highest BCUT2D eigenvalue weighted by Gasteiger charge is 2.17. The van der Waals surface area contributed by atoms with Gasteiger partial charge in [0.1, 0.15) is 6.04 Å². The molecule has 100 valence electrons. The molecule has 1 amide bonds. The van der Waals surface area contributed by atoms with Crippen LogP contribution in [0.2, 0.25) is 0 Å². The Balaban J connectivity index is 2.14. The van der Waals surface area contributed by atoms with Crippen LogP contribution in [0.5, 0.6) is 0 Å². The number of nitrogens with zero attached hydrogens (tertiary/aromatic N) is 2. The van der Waals surface area contributed by atoms with Crippen molar-refractivity contribution >= 4 is 11.9 Å². The standard InChI is InChI=1S/C11H18N4O3/c1-9(16)14-10(11(17)18)8-12-4-2-6-15-7-3-5-13-15/h3,5,7,10,12H,2,4,6,8H2,1H3,(H,14,16)(H,17,18). The molecule has 0 aliphatic carbocycles. The Morgan fingerprint density at radius 3 is 2.83 bits per heavy atom. The van der Waals surface area contributed by atoms with Crippen molar-refractivity contribution in [2.24, 2.45) is 0 Å². The Morgan fingerprint density at radius 1 is 1.50 bits per heavy atom. The van der Waals surface area contributed by atoms with Crippen molar-refractivity contribution in [2.75, 3.05) is 13.1 Å². The number of carboxylic acids is 1. The van der Waals surface area contributed by atoms with Crippen molar-refractivity contribution in [3.63, 3.8) is 0 Å². The summed E-state index contributed by atoms with van der Waals surface area (Å²) in [5.74, 6) is -1.38. The fraction of sp³-hybridized carbons (Fsp3) is 0.545. The fourth-order valence-corrected chi connectivity index (χ4v) is 1.49. The Labute approximate surface area is 105 Å². The molecule has 7 heteroatoms. The molecule has 0 fully saturated rings. The van der Waals surface area contributed by atoms with Gasteiger partial charge in [-0.3, -0.25) is 9.48 Å². The minimum absolute atomic E-state index is 0.216. The summed E-state index contributed by atoms with van der Waals surface area (Å²) in [5, 5.41) is 18.3. The van der Waals surface area contributed by atoms with Crippen molar-refractivity contribution in [1.82, 2.24) is 20.4 Å². The first-order valence-corrected chi connectivity index (χ1v) is 5.77. The Bertz CT molecular complexity index is 378. The van der Waals surface area contributed by atoms with E-state index in [2.05, 4.69) is 15.7 Å². The van der Waals surface area contributed by atoms with Crippen LogP contribution in [0.25, 0.3) is 0 Å². The SMILES string of the molecule is CC(=O)NC(CNCCCn1cccn1)C(=O)O. The van der Waals surface area contributed by atoms with Gasteiger partial charge in [0, 0.05) is 32.4 Å². The molecule has 1 rings (SSSR count). The molecule has 0 radical (unpaired) electrons. The lowest BCUT2D eigenvalue weighted by Gasteiger charge is -2.13. The van der Waals surface area contributed by atoms with Gasteiger partial charge < -0.3 is 15.7 Å². The number of aryl methyl sites for hydroxylation is 1. The molecule has 0 aliphatic heterocycles. The molecule has 7 nitrogen and oxygen atoms in total. The highest BCUT2D eigenvalue weighted by Crippen LogP contribution is 1.89. The van der Waals surface area contributed by atoms with E-state index in [0.717, 1.165) is 13.0 Å². The number of amides is 1. The summed E-state index contributed by atoms with van der Waals surface area (Å²) in [6, 6.07) is 0.970. The number of aliphatic carboxylic acids is 1. The number of carbonyl (C=O) groups is 2. The molecule has 0 bridgehead atoms. The van der Waals surface area contributed by atoms with Crippen LogP contribution in [0.4, 0.5) is 0 Å². The summed E-state index contributed by atoms with van der Waals surface area (Å²) >= 11 is 0. The molecule has 0 saturated heterocycles. The fourth-order valence-electron chi connectivity index (χ4n) is 1.49. The highest BCUT2D eigenvalue weighted by atomic mass is 16.4. The maximum atomic E-state index is 10.8. The van der Waals surface area contributed by atoms with Gasteiger partial charge in [0.25, 0.3) is 0 Å². The number of carboxylic acid groups (broad SMARTS) is 1. The first kappa shape index (κ1) is 14.2. The maximum absolute atomic E-state index is 10.8. The third-order valence-electron chi connectivity index (χ3n) is 2.32. The molecule has 0 aliphatic rings. The van der Waals surface area contributed by atoms with Crippen LogP contribution in [0.3, 0.4) is 0 Å². The molecule has 0 aromatic carbocycles. The van der Waals surface area contributed by atoms with E-state index < -0.39 is 12.0 Å². The molecule has 1 aromatic rings. The van der Waals surface area contributed by atoms with E-state index in [1.807, 2.05) is 16.9 Å². The van der Waals surface area contributed by atoms with Crippen LogP contribution < -0.4 is 10.6 Å². The third kappa shape index (κ3) is 5.44. The molecule has 18 heavy (non-hydrogen) atoms. The van der Waals surface area contributed by atoms with Gasteiger partial charge in [-0.05, 0) is 19.0 Å². The van der Waals surface area contributed by atoms with Crippen LogP contribution in [-0.2, 0) is 16.1 Å². The molecule has 1 atom stereocenters. The van der Waals surface area contributed by atoms with Gasteiger partial charge in [0.15, 0.2) is 0 Å². The molecule has 3 N–H and O–H groups in total. The van der Waals surface area contributed by atoms with E-state index in [4.69, 9.17) is 5.11 Å². The second-order valence-corrected chi connectivity index (χ2v) is 3.92. The van der Waals surface area contributed by atoms with Crippen LogP contribution in [0, 0.1) is 0 Å². The summed E-state index contributed by atoms with van der Waals surface area (Å²) in [4.78, 5) is 21.6. The normalized spacial score (nSPS) is 12.1. The zero-order valence-corrected chi connectivity index (χ0v) is 10.3. The summed E-state index contributed by atoms with van der Waals surface area (Å²) in [6.45, 7) is 2.96. The van der Waals surface area contributed by atoms with Crippen molar-refractivity contribution in [3.05, 3.63) is 18.5 Å². The molecule has 0 saturated carbocycles. The van der Waals surface area contributed by atoms with Crippen LogP contribution in [-0.4, -0.2) is 45.9 Å². The number of aromatic nitrogens is 2. The summed E-state index contributed by atoms with van der Waals surface area (Å²) in [5.41, 5.74) is 0. The second kappa shape index (κ2) is 7.44. The molecule has 1 heterocycles. The zero-order chi connectivity index (χ0) is 13.4. The van der Waals surface area contributed by atoms with Crippen molar-refractivity contribution in [2.45, 2.75) is 25.9 Å². The van der Waals surface area contributed by atoms with Gasteiger partial charge >= 0.3 is 5.97 Å². The lowest BCUT2D eigenvalue weighted by atomic mass is 10.3. The van der Waals surface area contributed by atoms with Crippen molar-refractivity contribution in [3.8, 4) is 0 Å². The van der Waals surface area contributed by atoms with E-state index in [1.54, 1.807) is 6.20 Å². The van der Waals surface area contributed by atoms with E-state index in [9.17, 15) is 9.59 Å². The van der Waals surface area contributed by atoms with Crippen molar-refractivity contribution < 1.29 is 14.7 Å². The topological polar surface area (TPSA) is 96.3 Å². The first-order chi connectivity index (χ1) is 8.59. The smallest absolute Gasteiger partial charge is 0.327 e. The number of hydrogen-bond donors (Lipinski definition) is 3. The molecular weight excluding hydrogens is 236 g/mol. The second-order valence-electron chi connectivity index (χ2n) is 3.92. The minimum Gasteiger partial charge on any atom is -0.480 e. The first-order valence-electron chi connectivity index (χ1n) is 5.77. The Kier molecular flexibility index (Phi) is 5.86. The van der Waals surface area contributed by atoms with Gasteiger partial charge in [0.2, 0.25) is 5.91 Å². The third-order valence-corrected chi connectivity index (χ3v) is 2.32. The summed E-state index contributed by atoms with van der Waals surface area (Å²) in [7, 11) is 0. The lowest BCUT2D eigenvalue weighted by Crippen LogP contribution is -2.46. The van der Waals surface area contributed by atoms with Gasteiger partial charge in [0.05, 0.1) is 0 Å². The van der Waals surface area contributed by atoms with E-state index in [0.29, 0.717) is 6.54 Å².